The molecule has 0 saturated carbocycles. The van der Waals surface area contributed by atoms with E-state index in [2.05, 4.69) is 0 Å². The minimum Gasteiger partial charge on any atom is -0.496 e. The molecular weight excluding hydrogens is 216 g/mol. The van der Waals surface area contributed by atoms with Crippen molar-refractivity contribution in [1.29, 1.82) is 0 Å². The van der Waals surface area contributed by atoms with E-state index in [0.717, 1.165) is 28.0 Å². The number of hydrogen-bond acceptors (Lipinski definition) is 3. The van der Waals surface area contributed by atoms with Crippen molar-refractivity contribution in [2.75, 3.05) is 20.8 Å². The average Bonchev–Trinajstić information content (AvgIpc) is 2.31. The summed E-state index contributed by atoms with van der Waals surface area (Å²) in [4.78, 5) is 12.0. The lowest BCUT2D eigenvalue weighted by molar-refractivity contribution is 0.0931. The van der Waals surface area contributed by atoms with Gasteiger partial charge in [-0.05, 0) is 43.5 Å². The number of Topliss-reactive ketones (excluding diaryl/α,β-unsaturated/α-hetero) is 1. The summed E-state index contributed by atoms with van der Waals surface area (Å²) >= 11 is 0. The molecule has 1 aromatic carbocycles. The van der Waals surface area contributed by atoms with E-state index in [1.807, 2.05) is 26.8 Å². The number of ether oxygens (including phenoxy) is 2. The number of carbonyl (C=O) groups is 1. The molecule has 0 unspecified atom stereocenters. The third-order valence-electron chi connectivity index (χ3n) is 3.06. The predicted molar refractivity (Wildman–Crippen MR) is 68.0 cm³/mol. The number of rotatable bonds is 5. The number of hydrogen-bond donors (Lipinski definition) is 0. The van der Waals surface area contributed by atoms with Crippen LogP contribution in [0.2, 0.25) is 0 Å². The average molecular weight is 236 g/mol. The van der Waals surface area contributed by atoms with Crippen LogP contribution in [0.4, 0.5) is 0 Å². The van der Waals surface area contributed by atoms with Crippen molar-refractivity contribution >= 4 is 5.78 Å². The van der Waals surface area contributed by atoms with Crippen molar-refractivity contribution < 1.29 is 14.3 Å². The van der Waals surface area contributed by atoms with Gasteiger partial charge in [-0.15, -0.1) is 0 Å². The number of benzene rings is 1. The highest BCUT2D eigenvalue weighted by Crippen LogP contribution is 2.29. The largest absolute Gasteiger partial charge is 0.496 e. The summed E-state index contributed by atoms with van der Waals surface area (Å²) in [5.74, 6) is 0.990. The van der Waals surface area contributed by atoms with Gasteiger partial charge in [0.2, 0.25) is 0 Å². The Labute approximate surface area is 103 Å². The fourth-order valence-corrected chi connectivity index (χ4v) is 1.99. The summed E-state index contributed by atoms with van der Waals surface area (Å²) in [6.07, 6.45) is 0.419. The van der Waals surface area contributed by atoms with Crippen LogP contribution in [0.3, 0.4) is 0 Å². The molecule has 0 saturated heterocycles. The van der Waals surface area contributed by atoms with E-state index in [4.69, 9.17) is 9.47 Å². The SMILES string of the molecule is COCCC(=O)c1cc(C)c(OC)c(C)c1C. The van der Waals surface area contributed by atoms with Gasteiger partial charge in [-0.1, -0.05) is 0 Å². The Morgan fingerprint density at radius 3 is 2.35 bits per heavy atom. The van der Waals surface area contributed by atoms with Gasteiger partial charge >= 0.3 is 0 Å². The van der Waals surface area contributed by atoms with Crippen LogP contribution < -0.4 is 4.74 Å². The van der Waals surface area contributed by atoms with E-state index in [0.29, 0.717) is 13.0 Å². The Balaban J connectivity index is 3.14. The normalized spacial score (nSPS) is 10.4. The summed E-state index contributed by atoms with van der Waals surface area (Å²) in [5.41, 5.74) is 3.80. The zero-order valence-corrected chi connectivity index (χ0v) is 11.2. The zero-order valence-electron chi connectivity index (χ0n) is 11.2. The van der Waals surface area contributed by atoms with Crippen LogP contribution in [0.1, 0.15) is 33.5 Å². The molecule has 94 valence electrons. The quantitative estimate of drug-likeness (QED) is 0.737. The van der Waals surface area contributed by atoms with E-state index >= 15 is 0 Å². The lowest BCUT2D eigenvalue weighted by Gasteiger charge is -2.14. The van der Waals surface area contributed by atoms with Gasteiger partial charge in [0.15, 0.2) is 5.78 Å². The van der Waals surface area contributed by atoms with Crippen LogP contribution in [0.5, 0.6) is 5.75 Å². The minimum atomic E-state index is 0.123. The first kappa shape index (κ1) is 13.7. The molecule has 0 N–H and O–H groups in total. The third-order valence-corrected chi connectivity index (χ3v) is 3.06. The second-order valence-electron chi connectivity index (χ2n) is 4.19. The fourth-order valence-electron chi connectivity index (χ4n) is 1.99. The van der Waals surface area contributed by atoms with Crippen molar-refractivity contribution in [2.45, 2.75) is 27.2 Å². The Bertz CT molecular complexity index is 422. The van der Waals surface area contributed by atoms with Crippen molar-refractivity contribution in [2.24, 2.45) is 0 Å². The molecule has 0 fully saturated rings. The van der Waals surface area contributed by atoms with Crippen LogP contribution in [0.15, 0.2) is 6.07 Å². The van der Waals surface area contributed by atoms with Gasteiger partial charge in [0, 0.05) is 19.1 Å². The molecule has 0 atom stereocenters. The van der Waals surface area contributed by atoms with Crippen LogP contribution >= 0.6 is 0 Å². The first-order chi connectivity index (χ1) is 8.02. The zero-order chi connectivity index (χ0) is 13.0. The Morgan fingerprint density at radius 2 is 1.82 bits per heavy atom. The number of aryl methyl sites for hydroxylation is 1. The van der Waals surface area contributed by atoms with E-state index in [-0.39, 0.29) is 5.78 Å². The number of methoxy groups -OCH3 is 2. The van der Waals surface area contributed by atoms with Gasteiger partial charge in [0.25, 0.3) is 0 Å². The van der Waals surface area contributed by atoms with E-state index in [1.165, 1.54) is 0 Å². The van der Waals surface area contributed by atoms with Crippen LogP contribution in [0.25, 0.3) is 0 Å². The molecule has 0 aliphatic heterocycles. The molecular formula is C14H20O3. The van der Waals surface area contributed by atoms with Crippen LogP contribution in [-0.4, -0.2) is 26.6 Å². The highest BCUT2D eigenvalue weighted by atomic mass is 16.5. The van der Waals surface area contributed by atoms with Crippen molar-refractivity contribution in [3.63, 3.8) is 0 Å². The van der Waals surface area contributed by atoms with Crippen molar-refractivity contribution in [3.05, 3.63) is 28.3 Å². The highest BCUT2D eigenvalue weighted by molar-refractivity contribution is 5.98. The molecule has 0 spiro atoms. The summed E-state index contributed by atoms with van der Waals surface area (Å²) in [6.45, 7) is 6.35. The molecule has 0 aliphatic rings. The molecule has 0 aromatic heterocycles. The Kier molecular flexibility index (Phi) is 4.70. The summed E-state index contributed by atoms with van der Waals surface area (Å²) in [5, 5.41) is 0. The molecule has 3 nitrogen and oxygen atoms in total. The molecule has 1 aromatic rings. The van der Waals surface area contributed by atoms with E-state index in [1.54, 1.807) is 14.2 Å². The molecule has 0 bridgehead atoms. The van der Waals surface area contributed by atoms with Gasteiger partial charge in [-0.3, -0.25) is 4.79 Å². The third kappa shape index (κ3) is 2.86. The Hall–Kier alpha value is -1.35. The monoisotopic (exact) mass is 236 g/mol. The van der Waals surface area contributed by atoms with E-state index in [9.17, 15) is 4.79 Å². The highest BCUT2D eigenvalue weighted by Gasteiger charge is 2.15. The van der Waals surface area contributed by atoms with Crippen molar-refractivity contribution in [3.8, 4) is 5.75 Å². The van der Waals surface area contributed by atoms with Crippen molar-refractivity contribution in [1.82, 2.24) is 0 Å². The second kappa shape index (κ2) is 5.82. The van der Waals surface area contributed by atoms with Gasteiger partial charge in [-0.25, -0.2) is 0 Å². The first-order valence-electron chi connectivity index (χ1n) is 5.69. The van der Waals surface area contributed by atoms with Gasteiger partial charge in [0.05, 0.1) is 13.7 Å². The van der Waals surface area contributed by atoms with Crippen LogP contribution in [0, 0.1) is 20.8 Å². The molecule has 17 heavy (non-hydrogen) atoms. The van der Waals surface area contributed by atoms with E-state index < -0.39 is 0 Å². The molecule has 3 heteroatoms. The smallest absolute Gasteiger partial charge is 0.165 e. The molecule has 0 heterocycles. The minimum absolute atomic E-state index is 0.123. The molecule has 0 aliphatic carbocycles. The summed E-state index contributed by atoms with van der Waals surface area (Å²) in [6, 6.07) is 1.90. The standard InChI is InChI=1S/C14H20O3/c1-9-8-12(13(15)6-7-16-4)10(2)11(3)14(9)17-5/h8H,6-7H2,1-5H3. The summed E-state index contributed by atoms with van der Waals surface area (Å²) in [7, 11) is 3.26. The lowest BCUT2D eigenvalue weighted by atomic mass is 9.95. The fraction of sp³-hybridized carbons (Fsp3) is 0.500. The second-order valence-corrected chi connectivity index (χ2v) is 4.19. The predicted octanol–water partition coefficient (Wildman–Crippen LogP) is 2.84. The maximum Gasteiger partial charge on any atom is 0.165 e. The first-order valence-corrected chi connectivity index (χ1v) is 5.69. The van der Waals surface area contributed by atoms with Gasteiger partial charge < -0.3 is 9.47 Å². The molecule has 0 amide bonds. The summed E-state index contributed by atoms with van der Waals surface area (Å²) < 4.78 is 10.3. The topological polar surface area (TPSA) is 35.5 Å². The molecule has 1 rings (SSSR count). The maximum atomic E-state index is 12.0. The van der Waals surface area contributed by atoms with Crippen LogP contribution in [-0.2, 0) is 4.74 Å². The Morgan fingerprint density at radius 1 is 1.18 bits per heavy atom. The maximum absolute atomic E-state index is 12.0. The van der Waals surface area contributed by atoms with Gasteiger partial charge in [0.1, 0.15) is 5.75 Å². The molecule has 0 radical (unpaired) electrons. The van der Waals surface area contributed by atoms with Gasteiger partial charge in [-0.2, -0.15) is 0 Å². The number of ketones is 1. The number of carbonyl (C=O) groups excluding carboxylic acids is 1. The lowest BCUT2D eigenvalue weighted by Crippen LogP contribution is -2.08.